The SMILES string of the molecule is COc1cc(C=CC(=O)O[C@@H]2[C@@H](O)[C@H](C)O[C@@H](O[C@H]3[C@@H]4C=CO[C@@H](O[C@@H]5O[C@H](CO)[C@@H](O)[C@H](O)[C@H]5O)[C@@H]4[C@@]4(CO)O[C@@H]34)[C@@H]2OC(=O)C=Cc2ccc(O)c(OC)c2)ccc1O. The molecule has 3 saturated heterocycles. The second kappa shape index (κ2) is 18.2. The lowest BCUT2D eigenvalue weighted by atomic mass is 9.85. The Morgan fingerprint density at radius 2 is 1.34 bits per heavy atom. The molecule has 0 amide bonds. The highest BCUT2D eigenvalue weighted by molar-refractivity contribution is 5.88. The van der Waals surface area contributed by atoms with Gasteiger partial charge in [0.1, 0.15) is 42.2 Å². The predicted octanol–water partition coefficient (Wildman–Crippen LogP) is -0.781. The summed E-state index contributed by atoms with van der Waals surface area (Å²) >= 11 is 0. The average Bonchev–Trinajstić information content (AvgIpc) is 3.93. The molecule has 20 nitrogen and oxygen atoms in total. The fraction of sp³-hybridized carbons (Fsp3) is 0.512. The van der Waals surface area contributed by atoms with Gasteiger partial charge in [-0.15, -0.1) is 0 Å². The second-order valence-electron chi connectivity index (χ2n) is 15.1. The maximum atomic E-state index is 13.5. The third kappa shape index (κ3) is 8.79. The van der Waals surface area contributed by atoms with Crippen molar-refractivity contribution in [1.29, 1.82) is 0 Å². The van der Waals surface area contributed by atoms with Crippen molar-refractivity contribution >= 4 is 24.1 Å². The van der Waals surface area contributed by atoms with Crippen LogP contribution in [0.1, 0.15) is 18.1 Å². The highest BCUT2D eigenvalue weighted by atomic mass is 16.8. The molecule has 20 heteroatoms. The number of fused-ring (bicyclic) bond motifs is 3. The Bertz CT molecular complexity index is 1990. The lowest BCUT2D eigenvalue weighted by Crippen LogP contribution is -2.61. The van der Waals surface area contributed by atoms with E-state index in [4.69, 9.17) is 47.4 Å². The maximum Gasteiger partial charge on any atom is 0.331 e. The standard InChI is InChI=1S/C41H48O20/c1-18-30(48)35(57-27(46)10-6-19-4-8-22(44)24(14-19)52-2)36(58-28(47)11-7-20-5-9-23(45)25(15-20)53-3)40(55-18)59-34-21-12-13-54-38(29(21)41(17-43)37(34)61-41)60-39-33(51)32(50)31(49)26(16-42)56-39/h4-15,18,21,26,29-40,42-45,48-51H,16-17H2,1-3H3/t18-,21+,26+,29+,30-,31+,32-,33+,34-,35+,36+,37-,38-,39-,40-,41+/m0/s1. The third-order valence-corrected chi connectivity index (χ3v) is 11.4. The van der Waals surface area contributed by atoms with Crippen molar-refractivity contribution in [2.24, 2.45) is 11.8 Å². The number of esters is 2. The molecule has 16 atom stereocenters. The van der Waals surface area contributed by atoms with E-state index < -0.39 is 122 Å². The van der Waals surface area contributed by atoms with E-state index in [1.54, 1.807) is 6.08 Å². The van der Waals surface area contributed by atoms with Gasteiger partial charge in [0.25, 0.3) is 0 Å². The molecule has 1 saturated carbocycles. The van der Waals surface area contributed by atoms with Crippen LogP contribution in [-0.2, 0) is 47.5 Å². The van der Waals surface area contributed by atoms with Crippen molar-refractivity contribution in [3.05, 3.63) is 72.0 Å². The molecule has 1 aliphatic carbocycles. The first-order valence-electron chi connectivity index (χ1n) is 19.3. The van der Waals surface area contributed by atoms with E-state index >= 15 is 0 Å². The van der Waals surface area contributed by atoms with Gasteiger partial charge in [-0.1, -0.05) is 12.1 Å². The highest BCUT2D eigenvalue weighted by Gasteiger charge is 2.77. The second-order valence-corrected chi connectivity index (χ2v) is 15.1. The van der Waals surface area contributed by atoms with Gasteiger partial charge in [-0.3, -0.25) is 0 Å². The number of aromatic hydroxyl groups is 2. The van der Waals surface area contributed by atoms with Crippen LogP contribution in [0.25, 0.3) is 12.2 Å². The molecule has 0 radical (unpaired) electrons. The Morgan fingerprint density at radius 3 is 1.92 bits per heavy atom. The van der Waals surface area contributed by atoms with Crippen molar-refractivity contribution in [1.82, 2.24) is 0 Å². The smallest absolute Gasteiger partial charge is 0.331 e. The van der Waals surface area contributed by atoms with Gasteiger partial charge in [-0.05, 0) is 60.5 Å². The van der Waals surface area contributed by atoms with Crippen LogP contribution in [-0.4, -0.2) is 166 Å². The minimum absolute atomic E-state index is 0.120. The van der Waals surface area contributed by atoms with Crippen LogP contribution in [0.15, 0.2) is 60.9 Å². The molecule has 0 spiro atoms. The summed E-state index contributed by atoms with van der Waals surface area (Å²) < 4.78 is 57.8. The van der Waals surface area contributed by atoms with Gasteiger partial charge >= 0.3 is 11.9 Å². The number of hydrogen-bond donors (Lipinski definition) is 8. The van der Waals surface area contributed by atoms with Gasteiger partial charge in [0.2, 0.25) is 6.29 Å². The van der Waals surface area contributed by atoms with Gasteiger partial charge in [-0.2, -0.15) is 0 Å². The minimum atomic E-state index is -1.76. The molecule has 4 heterocycles. The Labute approximate surface area is 348 Å². The third-order valence-electron chi connectivity index (χ3n) is 11.4. The summed E-state index contributed by atoms with van der Waals surface area (Å²) in [5, 5.41) is 83.0. The summed E-state index contributed by atoms with van der Waals surface area (Å²) in [4.78, 5) is 26.8. The largest absolute Gasteiger partial charge is 0.504 e. The van der Waals surface area contributed by atoms with Crippen LogP contribution in [0.4, 0.5) is 0 Å². The number of methoxy groups -OCH3 is 2. The van der Waals surface area contributed by atoms with Gasteiger partial charge in [0, 0.05) is 18.1 Å². The maximum absolute atomic E-state index is 13.5. The molecule has 7 rings (SSSR count). The summed E-state index contributed by atoms with van der Waals surface area (Å²) in [6, 6.07) is 8.70. The van der Waals surface area contributed by atoms with Crippen LogP contribution >= 0.6 is 0 Å². The number of hydrogen-bond acceptors (Lipinski definition) is 20. The van der Waals surface area contributed by atoms with Gasteiger partial charge < -0.3 is 88.2 Å². The topological polar surface area (TPSA) is 292 Å². The number of phenols is 2. The first kappa shape index (κ1) is 44.2. The van der Waals surface area contributed by atoms with E-state index in [9.17, 15) is 50.4 Å². The number of benzene rings is 2. The van der Waals surface area contributed by atoms with Crippen molar-refractivity contribution in [2.45, 2.75) is 92.4 Å². The number of ether oxygens (including phenoxy) is 10. The fourth-order valence-electron chi connectivity index (χ4n) is 8.09. The Balaban J connectivity index is 1.14. The van der Waals surface area contributed by atoms with E-state index in [-0.39, 0.29) is 23.0 Å². The van der Waals surface area contributed by atoms with E-state index in [0.717, 1.165) is 12.2 Å². The Kier molecular flexibility index (Phi) is 13.2. The van der Waals surface area contributed by atoms with Crippen LogP contribution in [0.2, 0.25) is 0 Å². The number of epoxide rings is 1. The van der Waals surface area contributed by atoms with Crippen molar-refractivity contribution in [3.8, 4) is 23.0 Å². The quantitative estimate of drug-likeness (QED) is 0.0657. The molecule has 332 valence electrons. The number of phenolic OH excluding ortho intramolecular Hbond substituents is 2. The lowest BCUT2D eigenvalue weighted by molar-refractivity contribution is -0.347. The molecule has 5 aliphatic rings. The van der Waals surface area contributed by atoms with Crippen LogP contribution < -0.4 is 9.47 Å². The van der Waals surface area contributed by atoms with Crippen LogP contribution in [0, 0.1) is 11.8 Å². The number of carbonyl (C=O) groups is 2. The summed E-state index contributed by atoms with van der Waals surface area (Å²) in [5.74, 6) is -3.43. The molecule has 2 aromatic carbocycles. The first-order valence-corrected chi connectivity index (χ1v) is 19.3. The van der Waals surface area contributed by atoms with Crippen LogP contribution in [0.5, 0.6) is 23.0 Å². The first-order chi connectivity index (χ1) is 29.2. The molecular formula is C41H48O20. The Hall–Kier alpha value is -4.84. The Morgan fingerprint density at radius 1 is 0.738 bits per heavy atom. The molecule has 0 bridgehead atoms. The summed E-state index contributed by atoms with van der Waals surface area (Å²) in [6.07, 6.45) is -10.8. The normalized spacial score (nSPS) is 37.8. The molecule has 0 unspecified atom stereocenters. The predicted molar refractivity (Wildman–Crippen MR) is 203 cm³/mol. The van der Waals surface area contributed by atoms with E-state index in [1.165, 1.54) is 76.0 Å². The zero-order valence-corrected chi connectivity index (χ0v) is 33.0. The van der Waals surface area contributed by atoms with Crippen LogP contribution in [0.3, 0.4) is 0 Å². The molecular weight excluding hydrogens is 812 g/mol. The van der Waals surface area contributed by atoms with Gasteiger partial charge in [0.15, 0.2) is 47.8 Å². The number of carbonyl (C=O) groups excluding carboxylic acids is 2. The van der Waals surface area contributed by atoms with E-state index in [1.807, 2.05) is 0 Å². The van der Waals surface area contributed by atoms with Crippen molar-refractivity contribution in [2.75, 3.05) is 27.4 Å². The summed E-state index contributed by atoms with van der Waals surface area (Å²) in [7, 11) is 2.72. The highest BCUT2D eigenvalue weighted by Crippen LogP contribution is 2.61. The zero-order valence-electron chi connectivity index (χ0n) is 33.0. The number of aliphatic hydroxyl groups excluding tert-OH is 6. The molecule has 2 aromatic rings. The van der Waals surface area contributed by atoms with Gasteiger partial charge in [-0.25, -0.2) is 9.59 Å². The molecule has 0 aromatic heterocycles. The molecule has 4 fully saturated rings. The fourth-order valence-corrected chi connectivity index (χ4v) is 8.09. The van der Waals surface area contributed by atoms with Gasteiger partial charge in [0.05, 0.1) is 51.8 Å². The number of rotatable bonds is 14. The lowest BCUT2D eigenvalue weighted by Gasteiger charge is -2.44. The van der Waals surface area contributed by atoms with E-state index in [2.05, 4.69) is 0 Å². The molecule has 61 heavy (non-hydrogen) atoms. The number of aliphatic hydroxyl groups is 6. The monoisotopic (exact) mass is 860 g/mol. The minimum Gasteiger partial charge on any atom is -0.504 e. The van der Waals surface area contributed by atoms with Crippen molar-refractivity contribution < 1.29 is 97.8 Å². The summed E-state index contributed by atoms with van der Waals surface area (Å²) in [6.45, 7) is 0.222. The summed E-state index contributed by atoms with van der Waals surface area (Å²) in [5.41, 5.74) is -0.438. The molecule has 4 aliphatic heterocycles. The van der Waals surface area contributed by atoms with Crippen molar-refractivity contribution in [3.63, 3.8) is 0 Å². The average molecular weight is 861 g/mol. The zero-order chi connectivity index (χ0) is 43.7. The molecule has 8 N–H and O–H groups in total. The van der Waals surface area contributed by atoms with E-state index in [0.29, 0.717) is 11.1 Å².